The van der Waals surface area contributed by atoms with E-state index in [1.165, 1.54) is 89.5 Å². The van der Waals surface area contributed by atoms with Gasteiger partial charge in [-0.05, 0) is 51.0 Å². The lowest BCUT2D eigenvalue weighted by Gasteiger charge is -2.21. The van der Waals surface area contributed by atoms with Crippen molar-refractivity contribution < 1.29 is 71.4 Å². The Labute approximate surface area is 421 Å². The van der Waals surface area contributed by atoms with Crippen molar-refractivity contribution in [2.24, 2.45) is 0 Å². The SMILES string of the molecule is CCCCC/C=C\C/C=C\CC(O)/C=C\C=C\CCCC(=O)OC[C@H](COP(=O)(O)OP(=O)(O)OC[C@H]1O[C@@H](n2ccc(N)nc2=O)[C@H](O)[C@@H]1O)OC(=O)CCCCCCCCCCCCCCCCC. The normalized spacial score (nSPS) is 20.0. The number of phosphoric acid groups is 2. The third-order valence-electron chi connectivity index (χ3n) is 11.5. The Morgan fingerprint density at radius 3 is 1.97 bits per heavy atom. The van der Waals surface area contributed by atoms with Gasteiger partial charge in [0.25, 0.3) is 0 Å². The summed E-state index contributed by atoms with van der Waals surface area (Å²) in [4.78, 5) is 61.9. The number of allylic oxidation sites excluding steroid dienone is 6. The summed E-state index contributed by atoms with van der Waals surface area (Å²) in [5, 5.41) is 31.1. The lowest BCUT2D eigenvalue weighted by atomic mass is 10.0. The molecule has 0 amide bonds. The van der Waals surface area contributed by atoms with Gasteiger partial charge in [-0.3, -0.25) is 23.2 Å². The predicted octanol–water partition coefficient (Wildman–Crippen LogP) is 9.53. The Hall–Kier alpha value is -3.32. The van der Waals surface area contributed by atoms with Gasteiger partial charge in [-0.25, -0.2) is 13.9 Å². The number of hydrogen-bond donors (Lipinski definition) is 6. The predicted molar refractivity (Wildman–Crippen MR) is 272 cm³/mol. The van der Waals surface area contributed by atoms with Crippen molar-refractivity contribution >= 4 is 33.4 Å². The zero-order valence-corrected chi connectivity index (χ0v) is 43.9. The van der Waals surface area contributed by atoms with Crippen LogP contribution >= 0.6 is 15.6 Å². The number of nitrogens with zero attached hydrogens (tertiary/aromatic N) is 2. The van der Waals surface area contributed by atoms with E-state index in [1.807, 2.05) is 18.2 Å². The second-order valence-electron chi connectivity index (χ2n) is 17.9. The topological polar surface area (TPSA) is 286 Å². The maximum atomic E-state index is 12.9. The average Bonchev–Trinajstić information content (AvgIpc) is 3.60. The number of aliphatic hydroxyl groups is 3. The molecule has 1 aliphatic rings. The fourth-order valence-electron chi connectivity index (χ4n) is 7.45. The van der Waals surface area contributed by atoms with Gasteiger partial charge in [-0.1, -0.05) is 165 Å². The summed E-state index contributed by atoms with van der Waals surface area (Å²) in [6.45, 7) is 1.99. The quantitative estimate of drug-likeness (QED) is 0.0117. The fourth-order valence-corrected chi connectivity index (χ4v) is 9.56. The number of hydrogen-bond acceptors (Lipinski definition) is 16. The van der Waals surface area contributed by atoms with Crippen LogP contribution in [0.3, 0.4) is 0 Å². The molecule has 0 bridgehead atoms. The Morgan fingerprint density at radius 2 is 1.32 bits per heavy atom. The van der Waals surface area contributed by atoms with Crippen LogP contribution in [0.4, 0.5) is 5.82 Å². The first-order chi connectivity index (χ1) is 34.1. The molecule has 0 radical (unpaired) electrons. The molecule has 1 aromatic rings. The van der Waals surface area contributed by atoms with Crippen molar-refractivity contribution in [1.29, 1.82) is 0 Å². The molecular formula is C50H85N3O16P2. The highest BCUT2D eigenvalue weighted by atomic mass is 31.3. The number of nitrogens with two attached hydrogens (primary N) is 1. The Kier molecular flexibility index (Phi) is 34.4. The minimum atomic E-state index is -5.45. The number of carbonyl (C=O) groups is 2. The van der Waals surface area contributed by atoms with Crippen LogP contribution in [0.1, 0.15) is 181 Å². The van der Waals surface area contributed by atoms with Gasteiger partial charge < -0.3 is 45.1 Å². The Balaban J connectivity index is 1.84. The largest absolute Gasteiger partial charge is 0.481 e. The summed E-state index contributed by atoms with van der Waals surface area (Å²) >= 11 is 0. The number of aromatic nitrogens is 2. The molecule has 3 unspecified atom stereocenters. The van der Waals surface area contributed by atoms with Crippen LogP contribution in [-0.2, 0) is 46.3 Å². The van der Waals surface area contributed by atoms with E-state index in [2.05, 4.69) is 35.3 Å². The molecule has 8 atom stereocenters. The van der Waals surface area contributed by atoms with Gasteiger partial charge in [-0.15, -0.1) is 0 Å². The minimum Gasteiger partial charge on any atom is -0.462 e. The third kappa shape index (κ3) is 31.1. The molecule has 21 heteroatoms. The number of rotatable bonds is 42. The molecular weight excluding hydrogens is 961 g/mol. The summed E-state index contributed by atoms with van der Waals surface area (Å²) in [5.41, 5.74) is 4.58. The monoisotopic (exact) mass is 1050 g/mol. The van der Waals surface area contributed by atoms with Crippen LogP contribution in [0.5, 0.6) is 0 Å². The van der Waals surface area contributed by atoms with Crippen LogP contribution in [0.2, 0.25) is 0 Å². The van der Waals surface area contributed by atoms with E-state index in [1.54, 1.807) is 18.2 Å². The van der Waals surface area contributed by atoms with Gasteiger partial charge in [0, 0.05) is 19.0 Å². The van der Waals surface area contributed by atoms with E-state index in [4.69, 9.17) is 29.0 Å². The number of nitrogen functional groups attached to an aromatic ring is 1. The molecule has 1 aromatic heterocycles. The van der Waals surface area contributed by atoms with Crippen LogP contribution in [0, 0.1) is 0 Å². The summed E-state index contributed by atoms with van der Waals surface area (Å²) in [6.07, 6.45) is 32.1. The summed E-state index contributed by atoms with van der Waals surface area (Å²) in [5.74, 6) is -1.43. The standard InChI is InChI=1S/C50H85N3O16P2/c1-3-5-7-9-11-13-14-15-16-17-18-20-22-26-31-35-46(56)67-42(38-64-45(55)34-30-27-23-25-29-33-41(54)32-28-24-21-19-12-10-8-6-4-2)39-65-70(60,61)69-71(62,63)66-40-43-47(57)48(58)49(68-43)53-37-36-44(51)52-50(53)59/h12,19,23-25,28-29,33,36-37,41-43,47-49,54,57-58H,3-11,13-18,20-22,26-27,30-32,34-35,38-40H2,1-2H3,(H,60,61)(H,62,63)(H2,51,52,59)/b19-12-,25-23+,28-24-,33-29-/t41?,42-,43-,47-,48-,49-/m1/s1. The molecule has 1 saturated heterocycles. The second kappa shape index (κ2) is 38.3. The van der Waals surface area contributed by atoms with Gasteiger partial charge >= 0.3 is 33.3 Å². The molecule has 1 aliphatic heterocycles. The van der Waals surface area contributed by atoms with Crippen molar-refractivity contribution in [1.82, 2.24) is 9.55 Å². The molecule has 406 valence electrons. The first kappa shape index (κ1) is 63.8. The smallest absolute Gasteiger partial charge is 0.462 e. The van der Waals surface area contributed by atoms with E-state index in [0.717, 1.165) is 49.3 Å². The highest BCUT2D eigenvalue weighted by Crippen LogP contribution is 2.60. The molecule has 0 aromatic carbocycles. The molecule has 19 nitrogen and oxygen atoms in total. The number of anilines is 1. The van der Waals surface area contributed by atoms with Crippen molar-refractivity contribution in [3.8, 4) is 0 Å². The number of ether oxygens (including phenoxy) is 3. The van der Waals surface area contributed by atoms with Crippen molar-refractivity contribution in [2.45, 2.75) is 211 Å². The van der Waals surface area contributed by atoms with Crippen LogP contribution in [0.25, 0.3) is 0 Å². The lowest BCUT2D eigenvalue weighted by Crippen LogP contribution is -2.36. The van der Waals surface area contributed by atoms with Crippen molar-refractivity contribution in [3.63, 3.8) is 0 Å². The molecule has 2 heterocycles. The maximum absolute atomic E-state index is 12.9. The molecule has 2 rings (SSSR count). The summed E-state index contributed by atoms with van der Waals surface area (Å²) in [7, 11) is -10.9. The van der Waals surface area contributed by atoms with Gasteiger partial charge in [0.15, 0.2) is 12.3 Å². The number of unbranched alkanes of at least 4 members (excludes halogenated alkanes) is 18. The Bertz CT molecular complexity index is 1890. The van der Waals surface area contributed by atoms with Gasteiger partial charge in [0.2, 0.25) is 0 Å². The zero-order valence-electron chi connectivity index (χ0n) is 42.1. The highest BCUT2D eigenvalue weighted by molar-refractivity contribution is 7.61. The van der Waals surface area contributed by atoms with E-state index in [-0.39, 0.29) is 18.7 Å². The minimum absolute atomic E-state index is 0.00734. The molecule has 0 saturated carbocycles. The lowest BCUT2D eigenvalue weighted by molar-refractivity contribution is -0.161. The summed E-state index contributed by atoms with van der Waals surface area (Å²) in [6, 6.07) is 1.24. The van der Waals surface area contributed by atoms with E-state index < -0.39 is 89.8 Å². The molecule has 7 N–H and O–H groups in total. The van der Waals surface area contributed by atoms with Crippen molar-refractivity contribution in [3.05, 3.63) is 71.4 Å². The van der Waals surface area contributed by atoms with Crippen LogP contribution in [-0.4, -0.2) is 96.9 Å². The second-order valence-corrected chi connectivity index (χ2v) is 20.9. The van der Waals surface area contributed by atoms with Gasteiger partial charge in [-0.2, -0.15) is 9.29 Å². The van der Waals surface area contributed by atoms with E-state index in [0.29, 0.717) is 25.7 Å². The number of esters is 2. The fraction of sp³-hybridized carbons (Fsp3) is 0.720. The van der Waals surface area contributed by atoms with Crippen LogP contribution in [0.15, 0.2) is 65.7 Å². The molecule has 0 aliphatic carbocycles. The van der Waals surface area contributed by atoms with Crippen LogP contribution < -0.4 is 11.4 Å². The first-order valence-electron chi connectivity index (χ1n) is 25.8. The molecule has 0 spiro atoms. The first-order valence-corrected chi connectivity index (χ1v) is 28.7. The highest BCUT2D eigenvalue weighted by Gasteiger charge is 2.46. The number of phosphoric ester groups is 2. The molecule has 1 fully saturated rings. The van der Waals surface area contributed by atoms with E-state index in [9.17, 15) is 48.6 Å². The Morgan fingerprint density at radius 1 is 0.746 bits per heavy atom. The van der Waals surface area contributed by atoms with E-state index >= 15 is 0 Å². The number of aliphatic hydroxyl groups excluding tert-OH is 3. The summed E-state index contributed by atoms with van der Waals surface area (Å²) < 4.78 is 56.7. The number of carbonyl (C=O) groups excluding carboxylic acids is 2. The molecule has 71 heavy (non-hydrogen) atoms. The van der Waals surface area contributed by atoms with Gasteiger partial charge in [0.1, 0.15) is 30.7 Å². The zero-order chi connectivity index (χ0) is 52.2. The maximum Gasteiger partial charge on any atom is 0.481 e. The van der Waals surface area contributed by atoms with Gasteiger partial charge in [0.05, 0.1) is 19.3 Å². The van der Waals surface area contributed by atoms with Crippen molar-refractivity contribution in [2.75, 3.05) is 25.6 Å². The third-order valence-corrected chi connectivity index (χ3v) is 14.1. The average molecular weight is 1050 g/mol.